The van der Waals surface area contributed by atoms with Gasteiger partial charge in [-0.3, -0.25) is 4.79 Å². The molecule has 10 heteroatoms. The number of carbonyl (C=O) groups excluding carboxylic acids is 1. The molecule has 10 atom stereocenters. The van der Waals surface area contributed by atoms with Gasteiger partial charge in [0.25, 0.3) is 0 Å². The van der Waals surface area contributed by atoms with Gasteiger partial charge in [0.15, 0.2) is 12.6 Å². The number of ether oxygens (including phenoxy) is 4. The van der Waals surface area contributed by atoms with Crippen LogP contribution >= 0.6 is 0 Å². The van der Waals surface area contributed by atoms with Crippen LogP contribution < -0.4 is 0 Å². The summed E-state index contributed by atoms with van der Waals surface area (Å²) in [7, 11) is 1.41. The van der Waals surface area contributed by atoms with Crippen LogP contribution in [0.4, 0.5) is 0 Å². The molecule has 3 saturated carbocycles. The van der Waals surface area contributed by atoms with Gasteiger partial charge in [-0.15, -0.1) is 0 Å². The summed E-state index contributed by atoms with van der Waals surface area (Å²) in [5, 5.41) is 50.0. The fourth-order valence-corrected chi connectivity index (χ4v) is 5.57. The van der Waals surface area contributed by atoms with E-state index in [-0.39, 0.29) is 18.6 Å². The van der Waals surface area contributed by atoms with Crippen molar-refractivity contribution in [2.45, 2.75) is 68.0 Å². The number of hydrogen-bond acceptors (Lipinski definition) is 10. The molecule has 2 heterocycles. The van der Waals surface area contributed by atoms with Crippen molar-refractivity contribution in [3.8, 4) is 0 Å². The van der Waals surface area contributed by atoms with Crippen LogP contribution in [0.25, 0.3) is 0 Å². The number of ketones is 1. The van der Waals surface area contributed by atoms with E-state index in [9.17, 15) is 30.3 Å². The predicted octanol–water partition coefficient (Wildman–Crippen LogP) is -2.73. The molecule has 4 bridgehead atoms. The van der Waals surface area contributed by atoms with Gasteiger partial charge >= 0.3 is 0 Å². The number of methoxy groups -OCH3 is 1. The fraction of sp³-hybridized carbons (Fsp3) is 0.941. The van der Waals surface area contributed by atoms with Crippen molar-refractivity contribution < 1.29 is 49.3 Å². The molecule has 10 nitrogen and oxygen atoms in total. The molecule has 27 heavy (non-hydrogen) atoms. The van der Waals surface area contributed by atoms with Crippen LogP contribution in [0.1, 0.15) is 19.8 Å². The Morgan fingerprint density at radius 1 is 1.19 bits per heavy atom. The average Bonchev–Trinajstić information content (AvgIpc) is 2.71. The van der Waals surface area contributed by atoms with Gasteiger partial charge in [-0.05, 0) is 13.3 Å². The van der Waals surface area contributed by atoms with E-state index < -0.39 is 72.7 Å². The maximum Gasteiger partial charge on any atom is 0.187 e. The molecule has 2 aliphatic heterocycles. The van der Waals surface area contributed by atoms with Crippen molar-refractivity contribution in [2.24, 2.45) is 11.3 Å². The van der Waals surface area contributed by atoms with Gasteiger partial charge < -0.3 is 44.5 Å². The Hall–Kier alpha value is -0.690. The summed E-state index contributed by atoms with van der Waals surface area (Å²) in [6, 6.07) is 0. The van der Waals surface area contributed by atoms with Gasteiger partial charge in [-0.1, -0.05) is 0 Å². The first kappa shape index (κ1) is 19.6. The van der Waals surface area contributed by atoms with Crippen molar-refractivity contribution in [3.63, 3.8) is 0 Å². The SMILES string of the molecule is COC1OC2(C)CC(=O)C3CC2(O[C@@H]2O[C@H](CO)[C@@H](O)[C@H](O)[C@H]2O)C13CO. The standard InChI is InChI=1S/C17H26O10/c1-15-4-8(20)7-3-17(15,16(7,6-19)14(24-2)27-15)26-13-12(23)11(22)10(21)9(5-18)25-13/h7,9-14,18-19,21-23H,3-6H2,1-2H3/t7?,9-,10-,11+,12-,13+,14?,15?,16?,17?/m1/s1. The molecule has 0 radical (unpaired) electrons. The summed E-state index contributed by atoms with van der Waals surface area (Å²) in [4.78, 5) is 12.5. The summed E-state index contributed by atoms with van der Waals surface area (Å²) < 4.78 is 23.0. The zero-order valence-corrected chi connectivity index (χ0v) is 15.1. The summed E-state index contributed by atoms with van der Waals surface area (Å²) in [6.45, 7) is 0.668. The Morgan fingerprint density at radius 3 is 2.48 bits per heavy atom. The van der Waals surface area contributed by atoms with Crippen LogP contribution in [0.15, 0.2) is 0 Å². The molecule has 0 amide bonds. The molecule has 0 aromatic rings. The molecule has 5 rings (SSSR count). The molecule has 5 aliphatic rings. The lowest BCUT2D eigenvalue weighted by molar-refractivity contribution is -0.382. The van der Waals surface area contributed by atoms with Crippen molar-refractivity contribution in [1.29, 1.82) is 0 Å². The topological polar surface area (TPSA) is 155 Å². The lowest BCUT2D eigenvalue weighted by atomic mass is 9.41. The van der Waals surface area contributed by atoms with Gasteiger partial charge in [0.2, 0.25) is 0 Å². The molecule has 3 aliphatic carbocycles. The lowest BCUT2D eigenvalue weighted by Crippen LogP contribution is -2.80. The molecule has 0 spiro atoms. The maximum absolute atomic E-state index is 12.5. The maximum atomic E-state index is 12.5. The van der Waals surface area contributed by atoms with E-state index >= 15 is 0 Å². The fourth-order valence-electron chi connectivity index (χ4n) is 5.57. The highest BCUT2D eigenvalue weighted by atomic mass is 16.8. The highest BCUT2D eigenvalue weighted by Gasteiger charge is 2.87. The van der Waals surface area contributed by atoms with Crippen LogP contribution in [-0.2, 0) is 23.7 Å². The normalized spacial score (nSPS) is 56.9. The summed E-state index contributed by atoms with van der Waals surface area (Å²) in [5.74, 6) is -0.571. The number of aliphatic hydroxyl groups is 5. The number of carbonyl (C=O) groups is 1. The van der Waals surface area contributed by atoms with Crippen molar-refractivity contribution >= 4 is 5.78 Å². The second-order valence-electron chi connectivity index (χ2n) is 8.16. The monoisotopic (exact) mass is 390 g/mol. The first-order valence-electron chi connectivity index (χ1n) is 9.04. The molecule has 0 aromatic heterocycles. The Kier molecular flexibility index (Phi) is 4.47. The van der Waals surface area contributed by atoms with Crippen molar-refractivity contribution in [3.05, 3.63) is 0 Å². The van der Waals surface area contributed by atoms with Crippen molar-refractivity contribution in [2.75, 3.05) is 20.3 Å². The summed E-state index contributed by atoms with van der Waals surface area (Å²) in [5.41, 5.74) is -3.48. The quantitative estimate of drug-likeness (QED) is 0.334. The Balaban J connectivity index is 1.70. The van der Waals surface area contributed by atoms with Crippen LogP contribution in [-0.4, -0.2) is 99.8 Å². The minimum absolute atomic E-state index is 0.0506. The highest BCUT2D eigenvalue weighted by Crippen LogP contribution is 2.74. The van der Waals surface area contributed by atoms with Crippen LogP contribution in [0, 0.1) is 11.3 Å². The smallest absolute Gasteiger partial charge is 0.187 e. The first-order valence-corrected chi connectivity index (χ1v) is 9.04. The van der Waals surface area contributed by atoms with Gasteiger partial charge in [-0.25, -0.2) is 0 Å². The van der Waals surface area contributed by atoms with E-state index in [1.165, 1.54) is 7.11 Å². The predicted molar refractivity (Wildman–Crippen MR) is 85.1 cm³/mol. The number of aliphatic hydroxyl groups excluding tert-OH is 5. The van der Waals surface area contributed by atoms with E-state index in [0.717, 1.165) is 0 Å². The highest BCUT2D eigenvalue weighted by molar-refractivity contribution is 5.88. The van der Waals surface area contributed by atoms with E-state index in [1.54, 1.807) is 6.92 Å². The number of rotatable bonds is 5. The van der Waals surface area contributed by atoms with E-state index in [4.69, 9.17) is 18.9 Å². The Morgan fingerprint density at radius 2 is 1.89 bits per heavy atom. The minimum Gasteiger partial charge on any atom is -0.395 e. The molecule has 5 N–H and O–H groups in total. The largest absolute Gasteiger partial charge is 0.395 e. The minimum atomic E-state index is -1.59. The van der Waals surface area contributed by atoms with Crippen LogP contribution in [0.2, 0.25) is 0 Å². The molecular weight excluding hydrogens is 364 g/mol. The van der Waals surface area contributed by atoms with E-state index in [1.807, 2.05) is 0 Å². The first-order chi connectivity index (χ1) is 12.7. The van der Waals surface area contributed by atoms with Crippen LogP contribution in [0.5, 0.6) is 0 Å². The van der Waals surface area contributed by atoms with E-state index in [0.29, 0.717) is 0 Å². The number of hydrogen-bond donors (Lipinski definition) is 5. The lowest BCUT2D eigenvalue weighted by Gasteiger charge is -2.66. The molecule has 2 saturated heterocycles. The van der Waals surface area contributed by atoms with Crippen molar-refractivity contribution in [1.82, 2.24) is 0 Å². The number of Topliss-reactive ketones (excluding diaryl/α,β-unsaturated/α-hetero) is 1. The summed E-state index contributed by atoms with van der Waals surface area (Å²) >= 11 is 0. The van der Waals surface area contributed by atoms with Gasteiger partial charge in [0.1, 0.15) is 41.4 Å². The third kappa shape index (κ3) is 2.13. The third-order valence-corrected chi connectivity index (χ3v) is 7.05. The van der Waals surface area contributed by atoms with E-state index in [2.05, 4.69) is 0 Å². The average molecular weight is 390 g/mol. The molecular formula is C17H26O10. The molecule has 0 aromatic carbocycles. The second-order valence-corrected chi connectivity index (χ2v) is 8.16. The molecule has 5 unspecified atom stereocenters. The third-order valence-electron chi connectivity index (χ3n) is 7.05. The van der Waals surface area contributed by atoms with Crippen LogP contribution in [0.3, 0.4) is 0 Å². The van der Waals surface area contributed by atoms with Gasteiger partial charge in [0.05, 0.1) is 18.6 Å². The Bertz CT molecular complexity index is 627. The zero-order valence-electron chi connectivity index (χ0n) is 15.1. The summed E-state index contributed by atoms with van der Waals surface area (Å²) in [6.07, 6.45) is -7.79. The number of fused-ring (bicyclic) bond motifs is 1. The van der Waals surface area contributed by atoms with Gasteiger partial charge in [0, 0.05) is 19.4 Å². The molecule has 5 fully saturated rings. The Labute approximate surface area is 155 Å². The zero-order chi connectivity index (χ0) is 19.8. The van der Waals surface area contributed by atoms with Gasteiger partial charge in [-0.2, -0.15) is 0 Å². The molecule has 154 valence electrons. The second kappa shape index (κ2) is 6.15.